The second kappa shape index (κ2) is 6.42. The summed E-state index contributed by atoms with van der Waals surface area (Å²) in [6, 6.07) is 8.00. The predicted molar refractivity (Wildman–Crippen MR) is 85.8 cm³/mol. The number of likely N-dealkylation sites (N-methyl/N-ethyl adjacent to an activating group) is 1. The molecule has 3 unspecified atom stereocenters. The molecule has 1 aliphatic rings. The Balaban J connectivity index is 2.19. The van der Waals surface area contributed by atoms with Gasteiger partial charge in [0.25, 0.3) is 0 Å². The van der Waals surface area contributed by atoms with Crippen molar-refractivity contribution in [2.45, 2.75) is 44.8 Å². The number of piperazine rings is 1. The van der Waals surface area contributed by atoms with E-state index in [0.29, 0.717) is 25.0 Å². The Morgan fingerprint density at radius 3 is 2.33 bits per heavy atom. The minimum Gasteiger partial charge on any atom is -0.329 e. The van der Waals surface area contributed by atoms with Crippen molar-refractivity contribution in [1.82, 2.24) is 9.80 Å². The Labute approximate surface area is 127 Å². The highest BCUT2D eigenvalue weighted by molar-refractivity contribution is 5.20. The van der Waals surface area contributed by atoms with E-state index >= 15 is 0 Å². The second-order valence-electron chi connectivity index (χ2n) is 6.74. The second-order valence-corrected chi connectivity index (χ2v) is 6.74. The van der Waals surface area contributed by atoms with Crippen molar-refractivity contribution in [2.75, 3.05) is 26.7 Å². The SMILES string of the molecule is CC1CN(C(C)(CN)Cc2ccccc2F)CC(C)N1C. The topological polar surface area (TPSA) is 32.5 Å². The van der Waals surface area contributed by atoms with Gasteiger partial charge in [-0.1, -0.05) is 18.2 Å². The van der Waals surface area contributed by atoms with Crippen LogP contribution in [0.1, 0.15) is 26.3 Å². The summed E-state index contributed by atoms with van der Waals surface area (Å²) in [6.07, 6.45) is 0.652. The van der Waals surface area contributed by atoms with Gasteiger partial charge in [0.05, 0.1) is 0 Å². The summed E-state index contributed by atoms with van der Waals surface area (Å²) < 4.78 is 14.0. The molecule has 1 aromatic carbocycles. The van der Waals surface area contributed by atoms with E-state index in [9.17, 15) is 4.39 Å². The first-order valence-electron chi connectivity index (χ1n) is 7.78. The lowest BCUT2D eigenvalue weighted by Gasteiger charge is -2.50. The number of hydrogen-bond acceptors (Lipinski definition) is 3. The Morgan fingerprint density at radius 2 is 1.81 bits per heavy atom. The number of hydrogen-bond donors (Lipinski definition) is 1. The van der Waals surface area contributed by atoms with Crippen molar-refractivity contribution in [3.63, 3.8) is 0 Å². The fourth-order valence-corrected chi connectivity index (χ4v) is 3.21. The summed E-state index contributed by atoms with van der Waals surface area (Å²) in [5.41, 5.74) is 6.64. The molecule has 0 radical (unpaired) electrons. The van der Waals surface area contributed by atoms with Crippen molar-refractivity contribution < 1.29 is 4.39 Å². The first-order chi connectivity index (χ1) is 9.87. The maximum Gasteiger partial charge on any atom is 0.126 e. The monoisotopic (exact) mass is 293 g/mol. The van der Waals surface area contributed by atoms with Crippen molar-refractivity contribution in [3.05, 3.63) is 35.6 Å². The van der Waals surface area contributed by atoms with Gasteiger partial charge in [-0.15, -0.1) is 0 Å². The lowest BCUT2D eigenvalue weighted by molar-refractivity contribution is -0.00247. The number of nitrogens with zero attached hydrogens (tertiary/aromatic N) is 2. The standard InChI is InChI=1S/C17H28FN3/c1-13-10-21(11-14(2)20(13)4)17(3,12-19)9-15-7-5-6-8-16(15)18/h5-8,13-14H,9-12,19H2,1-4H3. The summed E-state index contributed by atoms with van der Waals surface area (Å²) in [5, 5.41) is 0. The zero-order chi connectivity index (χ0) is 15.6. The van der Waals surface area contributed by atoms with Crippen LogP contribution in [0.15, 0.2) is 24.3 Å². The van der Waals surface area contributed by atoms with E-state index in [1.54, 1.807) is 6.07 Å². The molecular formula is C17H28FN3. The molecule has 0 saturated carbocycles. The quantitative estimate of drug-likeness (QED) is 0.923. The first-order valence-corrected chi connectivity index (χ1v) is 7.78. The molecule has 0 bridgehead atoms. The average molecular weight is 293 g/mol. The molecule has 2 N–H and O–H groups in total. The third-order valence-corrected chi connectivity index (χ3v) is 5.09. The molecule has 0 aromatic heterocycles. The Kier molecular flexibility index (Phi) is 5.02. The summed E-state index contributed by atoms with van der Waals surface area (Å²) >= 11 is 0. The molecule has 0 aliphatic carbocycles. The van der Waals surface area contributed by atoms with E-state index in [-0.39, 0.29) is 11.4 Å². The Bertz CT molecular complexity index is 467. The smallest absolute Gasteiger partial charge is 0.126 e. The van der Waals surface area contributed by atoms with E-state index in [1.165, 1.54) is 6.07 Å². The molecule has 0 spiro atoms. The van der Waals surface area contributed by atoms with Gasteiger partial charge in [-0.25, -0.2) is 4.39 Å². The van der Waals surface area contributed by atoms with E-state index in [1.807, 2.05) is 12.1 Å². The highest BCUT2D eigenvalue weighted by atomic mass is 19.1. The maximum absolute atomic E-state index is 14.0. The van der Waals surface area contributed by atoms with Crippen molar-refractivity contribution in [2.24, 2.45) is 5.73 Å². The van der Waals surface area contributed by atoms with Crippen LogP contribution in [0, 0.1) is 5.82 Å². The Morgan fingerprint density at radius 1 is 1.24 bits per heavy atom. The third-order valence-electron chi connectivity index (χ3n) is 5.09. The van der Waals surface area contributed by atoms with Gasteiger partial charge in [-0.3, -0.25) is 9.80 Å². The molecule has 3 nitrogen and oxygen atoms in total. The van der Waals surface area contributed by atoms with Gasteiger partial charge in [0.15, 0.2) is 0 Å². The summed E-state index contributed by atoms with van der Waals surface area (Å²) in [5.74, 6) is -0.132. The number of halogens is 1. The minimum atomic E-state index is -0.202. The van der Waals surface area contributed by atoms with Crippen LogP contribution in [0.4, 0.5) is 4.39 Å². The summed E-state index contributed by atoms with van der Waals surface area (Å²) in [7, 11) is 2.17. The Hall–Kier alpha value is -0.970. The highest BCUT2D eigenvalue weighted by Gasteiger charge is 2.37. The zero-order valence-electron chi connectivity index (χ0n) is 13.6. The fraction of sp³-hybridized carbons (Fsp3) is 0.647. The predicted octanol–water partition coefficient (Wildman–Crippen LogP) is 2.11. The van der Waals surface area contributed by atoms with Crippen LogP contribution in [0.25, 0.3) is 0 Å². The summed E-state index contributed by atoms with van der Waals surface area (Å²) in [6.45, 7) is 9.12. The van der Waals surface area contributed by atoms with Crippen LogP contribution in [0.2, 0.25) is 0 Å². The van der Waals surface area contributed by atoms with Crippen LogP contribution in [-0.4, -0.2) is 54.1 Å². The first kappa shape index (κ1) is 16.4. The van der Waals surface area contributed by atoms with Crippen LogP contribution in [0.3, 0.4) is 0 Å². The van der Waals surface area contributed by atoms with Crippen LogP contribution < -0.4 is 5.73 Å². The van der Waals surface area contributed by atoms with Gasteiger partial charge in [0.1, 0.15) is 5.82 Å². The molecule has 1 saturated heterocycles. The molecule has 0 amide bonds. The van der Waals surface area contributed by atoms with Crippen molar-refractivity contribution in [1.29, 1.82) is 0 Å². The van der Waals surface area contributed by atoms with E-state index in [2.05, 4.69) is 37.6 Å². The van der Waals surface area contributed by atoms with E-state index in [0.717, 1.165) is 18.7 Å². The average Bonchev–Trinajstić information content (AvgIpc) is 2.46. The highest BCUT2D eigenvalue weighted by Crippen LogP contribution is 2.26. The van der Waals surface area contributed by atoms with Crippen LogP contribution >= 0.6 is 0 Å². The summed E-state index contributed by atoms with van der Waals surface area (Å²) in [4.78, 5) is 4.84. The normalized spacial score (nSPS) is 27.5. The van der Waals surface area contributed by atoms with Gasteiger partial charge in [0, 0.05) is 37.3 Å². The molecule has 1 aliphatic heterocycles. The number of rotatable bonds is 4. The maximum atomic E-state index is 14.0. The van der Waals surface area contributed by atoms with Crippen LogP contribution in [0.5, 0.6) is 0 Å². The molecule has 4 heteroatoms. The van der Waals surface area contributed by atoms with Gasteiger partial charge in [0.2, 0.25) is 0 Å². The molecule has 1 fully saturated rings. The molecule has 1 heterocycles. The largest absolute Gasteiger partial charge is 0.329 e. The zero-order valence-corrected chi connectivity index (χ0v) is 13.6. The van der Waals surface area contributed by atoms with Gasteiger partial charge in [-0.05, 0) is 45.9 Å². The molecule has 118 valence electrons. The van der Waals surface area contributed by atoms with Crippen LogP contribution in [-0.2, 0) is 6.42 Å². The van der Waals surface area contributed by atoms with E-state index in [4.69, 9.17) is 5.73 Å². The van der Waals surface area contributed by atoms with Crippen molar-refractivity contribution >= 4 is 0 Å². The number of nitrogens with two attached hydrogens (primary N) is 1. The fourth-order valence-electron chi connectivity index (χ4n) is 3.21. The molecule has 1 aromatic rings. The molecular weight excluding hydrogens is 265 g/mol. The number of benzene rings is 1. The van der Waals surface area contributed by atoms with E-state index < -0.39 is 0 Å². The third kappa shape index (κ3) is 3.44. The lowest BCUT2D eigenvalue weighted by Crippen LogP contribution is -2.64. The lowest BCUT2D eigenvalue weighted by atomic mass is 9.88. The van der Waals surface area contributed by atoms with Crippen molar-refractivity contribution in [3.8, 4) is 0 Å². The minimum absolute atomic E-state index is 0.132. The molecule has 2 rings (SSSR count). The van der Waals surface area contributed by atoms with Gasteiger partial charge >= 0.3 is 0 Å². The molecule has 21 heavy (non-hydrogen) atoms. The van der Waals surface area contributed by atoms with Gasteiger partial charge < -0.3 is 5.73 Å². The molecule has 3 atom stereocenters. The van der Waals surface area contributed by atoms with Gasteiger partial charge in [-0.2, -0.15) is 0 Å².